The lowest BCUT2D eigenvalue weighted by atomic mass is 9.72. The van der Waals surface area contributed by atoms with E-state index in [0.29, 0.717) is 0 Å². The zero-order valence-electron chi connectivity index (χ0n) is 13.3. The molecule has 0 atom stereocenters. The summed E-state index contributed by atoms with van der Waals surface area (Å²) in [6.45, 7) is 5.45. The molecule has 2 heteroatoms. The van der Waals surface area contributed by atoms with E-state index in [2.05, 4.69) is 36.1 Å². The maximum Gasteiger partial charge on any atom is 0.117 e. The number of likely N-dealkylation sites (tertiary alicyclic amines) is 1. The van der Waals surface area contributed by atoms with Crippen molar-refractivity contribution < 1.29 is 5.11 Å². The molecule has 116 valence electrons. The van der Waals surface area contributed by atoms with Gasteiger partial charge in [-0.05, 0) is 49.5 Å². The number of benzene rings is 2. The van der Waals surface area contributed by atoms with Gasteiger partial charge in [-0.25, -0.2) is 0 Å². The monoisotopic (exact) mass is 295 g/mol. The molecule has 0 amide bonds. The first-order valence-electron chi connectivity index (χ1n) is 8.31. The zero-order chi connectivity index (χ0) is 15.4. The number of rotatable bonds is 4. The molecule has 1 saturated heterocycles. The van der Waals surface area contributed by atoms with Crippen molar-refractivity contribution in [2.45, 2.75) is 25.4 Å². The van der Waals surface area contributed by atoms with Crippen LogP contribution in [0.2, 0.25) is 0 Å². The topological polar surface area (TPSA) is 23.5 Å². The van der Waals surface area contributed by atoms with Crippen LogP contribution in [-0.4, -0.2) is 29.6 Å². The Kier molecular flexibility index (Phi) is 4.60. The van der Waals surface area contributed by atoms with Crippen LogP contribution in [0.15, 0.2) is 60.7 Å². The summed E-state index contributed by atoms with van der Waals surface area (Å²) in [5, 5.41) is 11.7. The molecule has 3 rings (SSSR count). The van der Waals surface area contributed by atoms with Gasteiger partial charge in [-0.1, -0.05) is 67.6 Å². The average molecular weight is 295 g/mol. The van der Waals surface area contributed by atoms with Crippen molar-refractivity contribution in [3.63, 3.8) is 0 Å². The highest BCUT2D eigenvalue weighted by Crippen LogP contribution is 2.41. The van der Waals surface area contributed by atoms with Crippen molar-refractivity contribution in [3.8, 4) is 0 Å². The number of aliphatic hydroxyl groups is 1. The quantitative estimate of drug-likeness (QED) is 0.930. The summed E-state index contributed by atoms with van der Waals surface area (Å²) in [6.07, 6.45) is 2.07. The number of nitrogens with zero attached hydrogens (tertiary/aromatic N) is 1. The predicted molar refractivity (Wildman–Crippen MR) is 90.7 cm³/mol. The van der Waals surface area contributed by atoms with Gasteiger partial charge in [-0.15, -0.1) is 0 Å². The lowest BCUT2D eigenvalue weighted by molar-refractivity contribution is -0.0135. The van der Waals surface area contributed by atoms with E-state index in [0.717, 1.165) is 43.6 Å². The predicted octanol–water partition coefficient (Wildman–Crippen LogP) is 3.65. The van der Waals surface area contributed by atoms with Crippen LogP contribution in [0.1, 0.15) is 30.9 Å². The first-order valence-corrected chi connectivity index (χ1v) is 8.31. The van der Waals surface area contributed by atoms with Gasteiger partial charge >= 0.3 is 0 Å². The average Bonchev–Trinajstić information content (AvgIpc) is 2.62. The Balaban J connectivity index is 1.97. The SMILES string of the molecule is CCN1CCC(C(O)(c2ccccc2)c2ccccc2)CC1. The molecule has 0 unspecified atom stereocenters. The van der Waals surface area contributed by atoms with E-state index in [-0.39, 0.29) is 5.92 Å². The maximum atomic E-state index is 11.7. The maximum absolute atomic E-state index is 11.7. The van der Waals surface area contributed by atoms with Crippen LogP contribution in [0.25, 0.3) is 0 Å². The third kappa shape index (κ3) is 2.81. The third-order valence-corrected chi connectivity index (χ3v) is 5.05. The van der Waals surface area contributed by atoms with Crippen LogP contribution in [0.3, 0.4) is 0 Å². The highest BCUT2D eigenvalue weighted by molar-refractivity contribution is 5.37. The molecular weight excluding hydrogens is 270 g/mol. The Morgan fingerprint density at radius 1 is 0.909 bits per heavy atom. The lowest BCUT2D eigenvalue weighted by Crippen LogP contribution is -2.44. The molecule has 0 aliphatic carbocycles. The normalized spacial score (nSPS) is 17.5. The molecule has 1 aliphatic heterocycles. The van der Waals surface area contributed by atoms with Crippen LogP contribution in [0.5, 0.6) is 0 Å². The van der Waals surface area contributed by atoms with Crippen molar-refractivity contribution in [2.24, 2.45) is 5.92 Å². The number of hydrogen-bond donors (Lipinski definition) is 1. The minimum absolute atomic E-state index is 0.264. The molecule has 2 nitrogen and oxygen atoms in total. The summed E-state index contributed by atoms with van der Waals surface area (Å²) in [6, 6.07) is 20.3. The van der Waals surface area contributed by atoms with E-state index in [1.54, 1.807) is 0 Å². The summed E-state index contributed by atoms with van der Waals surface area (Å²) in [7, 11) is 0. The van der Waals surface area contributed by atoms with Gasteiger partial charge in [0.15, 0.2) is 0 Å². The fourth-order valence-electron chi connectivity index (χ4n) is 3.69. The van der Waals surface area contributed by atoms with Crippen molar-refractivity contribution >= 4 is 0 Å². The third-order valence-electron chi connectivity index (χ3n) is 5.05. The molecule has 0 spiro atoms. The molecule has 0 aromatic heterocycles. The summed E-state index contributed by atoms with van der Waals surface area (Å²) in [5.41, 5.74) is 1.13. The van der Waals surface area contributed by atoms with E-state index in [1.165, 1.54) is 0 Å². The standard InChI is InChI=1S/C20H25NO/c1-2-21-15-13-19(14-16-21)20(22,17-9-5-3-6-10-17)18-11-7-4-8-12-18/h3-12,19,22H,2,13-16H2,1H3. The highest BCUT2D eigenvalue weighted by atomic mass is 16.3. The molecule has 1 aliphatic rings. The zero-order valence-corrected chi connectivity index (χ0v) is 13.3. The van der Waals surface area contributed by atoms with Crippen LogP contribution in [-0.2, 0) is 5.60 Å². The van der Waals surface area contributed by atoms with E-state index in [9.17, 15) is 5.11 Å². The van der Waals surface area contributed by atoms with Crippen molar-refractivity contribution in [2.75, 3.05) is 19.6 Å². The molecule has 1 fully saturated rings. The summed E-state index contributed by atoms with van der Waals surface area (Å²) < 4.78 is 0. The molecule has 22 heavy (non-hydrogen) atoms. The second-order valence-electron chi connectivity index (χ2n) is 6.21. The minimum Gasteiger partial charge on any atom is -0.380 e. The Labute approximate surface area is 133 Å². The number of hydrogen-bond acceptors (Lipinski definition) is 2. The Bertz CT molecular complexity index is 534. The Morgan fingerprint density at radius 2 is 1.36 bits per heavy atom. The van der Waals surface area contributed by atoms with Crippen LogP contribution < -0.4 is 0 Å². The van der Waals surface area contributed by atoms with Crippen molar-refractivity contribution in [1.82, 2.24) is 4.90 Å². The first-order chi connectivity index (χ1) is 10.7. The smallest absolute Gasteiger partial charge is 0.117 e. The Morgan fingerprint density at radius 3 is 1.77 bits per heavy atom. The van der Waals surface area contributed by atoms with Gasteiger partial charge < -0.3 is 10.0 Å². The van der Waals surface area contributed by atoms with E-state index >= 15 is 0 Å². The van der Waals surface area contributed by atoms with Gasteiger partial charge in [-0.2, -0.15) is 0 Å². The lowest BCUT2D eigenvalue weighted by Gasteiger charge is -2.42. The summed E-state index contributed by atoms with van der Waals surface area (Å²) in [5.74, 6) is 0.264. The first kappa shape index (κ1) is 15.3. The molecular formula is C20H25NO. The van der Waals surface area contributed by atoms with Crippen molar-refractivity contribution in [3.05, 3.63) is 71.8 Å². The van der Waals surface area contributed by atoms with Crippen LogP contribution in [0, 0.1) is 5.92 Å². The second-order valence-corrected chi connectivity index (χ2v) is 6.21. The Hall–Kier alpha value is -1.64. The molecule has 0 bridgehead atoms. The summed E-state index contributed by atoms with van der Waals surface area (Å²) in [4.78, 5) is 2.47. The van der Waals surface area contributed by atoms with E-state index < -0.39 is 5.60 Å². The van der Waals surface area contributed by atoms with E-state index in [4.69, 9.17) is 0 Å². The van der Waals surface area contributed by atoms with E-state index in [1.807, 2.05) is 36.4 Å². The fourth-order valence-corrected chi connectivity index (χ4v) is 3.69. The van der Waals surface area contributed by atoms with Crippen molar-refractivity contribution in [1.29, 1.82) is 0 Å². The van der Waals surface area contributed by atoms with Gasteiger partial charge in [-0.3, -0.25) is 0 Å². The minimum atomic E-state index is -0.887. The van der Waals surface area contributed by atoms with Gasteiger partial charge in [0.05, 0.1) is 0 Å². The van der Waals surface area contributed by atoms with Gasteiger partial charge in [0.1, 0.15) is 5.60 Å². The fraction of sp³-hybridized carbons (Fsp3) is 0.400. The number of piperidine rings is 1. The molecule has 0 saturated carbocycles. The molecule has 2 aromatic rings. The van der Waals surface area contributed by atoms with Gasteiger partial charge in [0.2, 0.25) is 0 Å². The van der Waals surface area contributed by atoms with Gasteiger partial charge in [0.25, 0.3) is 0 Å². The molecule has 2 aromatic carbocycles. The van der Waals surface area contributed by atoms with Gasteiger partial charge in [0, 0.05) is 0 Å². The summed E-state index contributed by atoms with van der Waals surface area (Å²) >= 11 is 0. The molecule has 1 heterocycles. The highest BCUT2D eigenvalue weighted by Gasteiger charge is 2.41. The molecule has 1 N–H and O–H groups in total. The van der Waals surface area contributed by atoms with Crippen LogP contribution in [0.4, 0.5) is 0 Å². The molecule has 0 radical (unpaired) electrons. The second kappa shape index (κ2) is 6.64. The largest absolute Gasteiger partial charge is 0.380 e. The van der Waals surface area contributed by atoms with Crippen LogP contribution >= 0.6 is 0 Å².